The lowest BCUT2D eigenvalue weighted by molar-refractivity contribution is -0.117. The van der Waals surface area contributed by atoms with Crippen LogP contribution in [0.3, 0.4) is 0 Å². The summed E-state index contributed by atoms with van der Waals surface area (Å²) in [5.41, 5.74) is 2.09. The minimum Gasteiger partial charge on any atom is -0.508 e. The first-order valence-corrected chi connectivity index (χ1v) is 8.21. The van der Waals surface area contributed by atoms with E-state index in [1.54, 1.807) is 36.4 Å². The van der Waals surface area contributed by atoms with Gasteiger partial charge in [-0.05, 0) is 36.4 Å². The van der Waals surface area contributed by atoms with Gasteiger partial charge < -0.3 is 15.3 Å². The van der Waals surface area contributed by atoms with Crippen molar-refractivity contribution >= 4 is 17.3 Å². The first kappa shape index (κ1) is 16.8. The summed E-state index contributed by atoms with van der Waals surface area (Å²) in [7, 11) is 0. The topological polar surface area (TPSA) is 79.6 Å². The second-order valence-electron chi connectivity index (χ2n) is 5.99. The quantitative estimate of drug-likeness (QED) is 0.893. The van der Waals surface area contributed by atoms with Crippen molar-refractivity contribution in [3.8, 4) is 11.8 Å². The third-order valence-corrected chi connectivity index (χ3v) is 4.28. The van der Waals surface area contributed by atoms with Gasteiger partial charge in [0.05, 0.1) is 17.8 Å². The molecule has 0 bridgehead atoms. The average Bonchev–Trinajstić information content (AvgIpc) is 2.63. The van der Waals surface area contributed by atoms with E-state index in [0.29, 0.717) is 17.8 Å². The van der Waals surface area contributed by atoms with E-state index < -0.39 is 0 Å². The highest BCUT2D eigenvalue weighted by Crippen LogP contribution is 2.20. The number of benzene rings is 2. The number of hydrogen-bond donors (Lipinski definition) is 2. The lowest BCUT2D eigenvalue weighted by Gasteiger charge is -2.35. The molecule has 1 aliphatic rings. The van der Waals surface area contributed by atoms with E-state index in [4.69, 9.17) is 5.26 Å². The molecule has 0 unspecified atom stereocenters. The molecule has 1 amide bonds. The van der Waals surface area contributed by atoms with Crippen molar-refractivity contribution in [3.05, 3.63) is 54.1 Å². The molecule has 0 aromatic heterocycles. The number of para-hydroxylation sites is 1. The monoisotopic (exact) mass is 336 g/mol. The van der Waals surface area contributed by atoms with Crippen LogP contribution < -0.4 is 10.2 Å². The number of carbonyl (C=O) groups excluding carboxylic acids is 1. The Balaban J connectivity index is 1.51. The van der Waals surface area contributed by atoms with Gasteiger partial charge in [0.1, 0.15) is 11.8 Å². The summed E-state index contributed by atoms with van der Waals surface area (Å²) < 4.78 is 0. The largest absolute Gasteiger partial charge is 0.508 e. The number of piperazine rings is 1. The lowest BCUT2D eigenvalue weighted by atomic mass is 10.2. The molecule has 0 spiro atoms. The first-order valence-electron chi connectivity index (χ1n) is 8.21. The molecule has 128 valence electrons. The predicted molar refractivity (Wildman–Crippen MR) is 96.5 cm³/mol. The van der Waals surface area contributed by atoms with E-state index in [1.807, 2.05) is 12.1 Å². The van der Waals surface area contributed by atoms with E-state index in [1.165, 1.54) is 0 Å². The number of rotatable bonds is 4. The number of hydrogen-bond acceptors (Lipinski definition) is 5. The highest BCUT2D eigenvalue weighted by atomic mass is 16.3. The Morgan fingerprint density at radius 2 is 1.76 bits per heavy atom. The molecule has 0 atom stereocenters. The fraction of sp³-hybridized carbons (Fsp3) is 0.263. The number of nitrogens with one attached hydrogen (secondary N) is 1. The van der Waals surface area contributed by atoms with E-state index in [9.17, 15) is 9.90 Å². The molecule has 0 radical (unpaired) electrons. The van der Waals surface area contributed by atoms with Gasteiger partial charge in [-0.25, -0.2) is 0 Å². The summed E-state index contributed by atoms with van der Waals surface area (Å²) in [6, 6.07) is 16.2. The first-order chi connectivity index (χ1) is 12.2. The summed E-state index contributed by atoms with van der Waals surface area (Å²) in [6.07, 6.45) is 0. The molecule has 1 heterocycles. The molecule has 25 heavy (non-hydrogen) atoms. The van der Waals surface area contributed by atoms with Crippen LogP contribution in [-0.4, -0.2) is 48.6 Å². The third kappa shape index (κ3) is 4.28. The predicted octanol–water partition coefficient (Wildman–Crippen LogP) is 2.02. The van der Waals surface area contributed by atoms with Gasteiger partial charge in [-0.1, -0.05) is 12.1 Å². The van der Waals surface area contributed by atoms with Crippen molar-refractivity contribution in [2.24, 2.45) is 0 Å². The second kappa shape index (κ2) is 7.69. The summed E-state index contributed by atoms with van der Waals surface area (Å²) in [5, 5.41) is 21.3. The standard InChI is InChI=1S/C19H20N4O2/c20-13-15-3-1-2-4-18(15)21-19(25)14-22-9-11-23(12-10-22)16-5-7-17(24)8-6-16/h1-8,24H,9-12,14H2,(H,21,25). The van der Waals surface area contributed by atoms with Crippen LogP contribution in [0.1, 0.15) is 5.56 Å². The van der Waals surface area contributed by atoms with E-state index >= 15 is 0 Å². The molecule has 0 aliphatic carbocycles. The Labute approximate surface area is 146 Å². The highest BCUT2D eigenvalue weighted by molar-refractivity contribution is 5.93. The van der Waals surface area contributed by atoms with Crippen LogP contribution in [0.15, 0.2) is 48.5 Å². The van der Waals surface area contributed by atoms with Crippen molar-refractivity contribution in [1.82, 2.24) is 4.90 Å². The van der Waals surface area contributed by atoms with E-state index in [2.05, 4.69) is 21.2 Å². The SMILES string of the molecule is N#Cc1ccccc1NC(=O)CN1CCN(c2ccc(O)cc2)CC1. The van der Waals surface area contributed by atoms with Crippen molar-refractivity contribution < 1.29 is 9.90 Å². The molecule has 6 heteroatoms. The molecule has 1 saturated heterocycles. The zero-order valence-corrected chi connectivity index (χ0v) is 13.9. The summed E-state index contributed by atoms with van der Waals surface area (Å²) in [4.78, 5) is 16.6. The Morgan fingerprint density at radius 3 is 2.44 bits per heavy atom. The van der Waals surface area contributed by atoms with Gasteiger partial charge in [0, 0.05) is 31.9 Å². The number of anilines is 2. The van der Waals surface area contributed by atoms with Gasteiger partial charge in [-0.15, -0.1) is 0 Å². The van der Waals surface area contributed by atoms with E-state index in [0.717, 1.165) is 31.9 Å². The fourth-order valence-corrected chi connectivity index (χ4v) is 2.91. The Kier molecular flexibility index (Phi) is 5.17. The molecule has 6 nitrogen and oxygen atoms in total. The molecule has 0 saturated carbocycles. The number of phenols is 1. The summed E-state index contributed by atoms with van der Waals surface area (Å²) >= 11 is 0. The number of aromatic hydroxyl groups is 1. The fourth-order valence-electron chi connectivity index (χ4n) is 2.91. The van der Waals surface area contributed by atoms with Gasteiger partial charge in [0.15, 0.2) is 0 Å². The van der Waals surface area contributed by atoms with Crippen LogP contribution >= 0.6 is 0 Å². The summed E-state index contributed by atoms with van der Waals surface area (Å²) in [6.45, 7) is 3.53. The van der Waals surface area contributed by atoms with Crippen LogP contribution in [0.4, 0.5) is 11.4 Å². The normalized spacial score (nSPS) is 14.8. The second-order valence-corrected chi connectivity index (χ2v) is 5.99. The molecule has 2 aromatic carbocycles. The lowest BCUT2D eigenvalue weighted by Crippen LogP contribution is -2.48. The molecule has 3 rings (SSSR count). The molecular weight excluding hydrogens is 316 g/mol. The number of nitriles is 1. The molecule has 2 N–H and O–H groups in total. The van der Waals surface area contributed by atoms with Crippen LogP contribution in [0, 0.1) is 11.3 Å². The summed E-state index contributed by atoms with van der Waals surface area (Å²) in [5.74, 6) is 0.150. The minimum absolute atomic E-state index is 0.110. The van der Waals surface area contributed by atoms with Gasteiger partial charge in [0.2, 0.25) is 5.91 Å². The van der Waals surface area contributed by atoms with Crippen LogP contribution in [0.5, 0.6) is 5.75 Å². The third-order valence-electron chi connectivity index (χ3n) is 4.28. The minimum atomic E-state index is -0.110. The average molecular weight is 336 g/mol. The van der Waals surface area contributed by atoms with Crippen LogP contribution in [0.25, 0.3) is 0 Å². The van der Waals surface area contributed by atoms with Crippen molar-refractivity contribution in [2.75, 3.05) is 42.9 Å². The zero-order chi connectivity index (χ0) is 17.6. The van der Waals surface area contributed by atoms with Crippen LogP contribution in [0.2, 0.25) is 0 Å². The molecule has 1 aliphatic heterocycles. The highest BCUT2D eigenvalue weighted by Gasteiger charge is 2.19. The maximum atomic E-state index is 12.2. The van der Waals surface area contributed by atoms with E-state index in [-0.39, 0.29) is 11.7 Å². The molecule has 1 fully saturated rings. The smallest absolute Gasteiger partial charge is 0.238 e. The number of amides is 1. The number of carbonyl (C=O) groups is 1. The maximum Gasteiger partial charge on any atom is 0.238 e. The molecular formula is C19H20N4O2. The maximum absolute atomic E-state index is 12.2. The Bertz CT molecular complexity index is 775. The zero-order valence-electron chi connectivity index (χ0n) is 13.9. The number of nitrogens with zero attached hydrogens (tertiary/aromatic N) is 3. The van der Waals surface area contributed by atoms with Crippen molar-refractivity contribution in [1.29, 1.82) is 5.26 Å². The Morgan fingerprint density at radius 1 is 1.08 bits per heavy atom. The number of phenolic OH excluding ortho intramolecular Hbond substituents is 1. The van der Waals surface area contributed by atoms with Gasteiger partial charge in [-0.3, -0.25) is 9.69 Å². The van der Waals surface area contributed by atoms with Crippen molar-refractivity contribution in [2.45, 2.75) is 0 Å². The Hall–Kier alpha value is -3.04. The van der Waals surface area contributed by atoms with Gasteiger partial charge in [0.25, 0.3) is 0 Å². The van der Waals surface area contributed by atoms with Crippen molar-refractivity contribution in [3.63, 3.8) is 0 Å². The van der Waals surface area contributed by atoms with Gasteiger partial charge >= 0.3 is 0 Å². The van der Waals surface area contributed by atoms with Gasteiger partial charge in [-0.2, -0.15) is 5.26 Å². The van der Waals surface area contributed by atoms with Crippen LogP contribution in [-0.2, 0) is 4.79 Å². The molecule has 2 aromatic rings.